The lowest BCUT2D eigenvalue weighted by Gasteiger charge is -2.01. The molecule has 2 aromatic heterocycles. The summed E-state index contributed by atoms with van der Waals surface area (Å²) in [5.74, 6) is 0. The van der Waals surface area contributed by atoms with Gasteiger partial charge in [-0.3, -0.25) is 0 Å². The molecule has 0 aliphatic heterocycles. The Morgan fingerprint density at radius 2 is 2.00 bits per heavy atom. The summed E-state index contributed by atoms with van der Waals surface area (Å²) in [5.41, 5.74) is 1.40. The van der Waals surface area contributed by atoms with E-state index in [0.717, 1.165) is 13.1 Å². The highest BCUT2D eigenvalue weighted by atomic mass is 35.5. The van der Waals surface area contributed by atoms with Gasteiger partial charge in [0, 0.05) is 22.8 Å². The summed E-state index contributed by atoms with van der Waals surface area (Å²) >= 11 is 3.63. The predicted octanol–water partition coefficient (Wildman–Crippen LogP) is 3.83. The summed E-state index contributed by atoms with van der Waals surface area (Å²) in [6.45, 7) is 4.13. The lowest BCUT2D eigenvalue weighted by Crippen LogP contribution is -2.11. The number of hydrogen-bond donors (Lipinski definition) is 1. The third-order valence-corrected chi connectivity index (χ3v) is 4.03. The fourth-order valence-corrected chi connectivity index (χ4v) is 2.85. The van der Waals surface area contributed by atoms with Crippen LogP contribution < -0.4 is 5.32 Å². The van der Waals surface area contributed by atoms with E-state index in [1.807, 2.05) is 11.3 Å². The average molecular weight is 260 g/mol. The zero-order chi connectivity index (χ0) is 9.80. The van der Waals surface area contributed by atoms with Gasteiger partial charge in [-0.1, -0.05) is 6.07 Å². The molecule has 0 saturated heterocycles. The Kier molecular flexibility index (Phi) is 5.32. The van der Waals surface area contributed by atoms with Gasteiger partial charge in [-0.25, -0.2) is 0 Å². The quantitative estimate of drug-likeness (QED) is 0.880. The number of aryl methyl sites for hydroxylation is 1. The van der Waals surface area contributed by atoms with Crippen molar-refractivity contribution >= 4 is 35.1 Å². The highest BCUT2D eigenvalue weighted by molar-refractivity contribution is 7.10. The summed E-state index contributed by atoms with van der Waals surface area (Å²) < 4.78 is 0. The van der Waals surface area contributed by atoms with Gasteiger partial charge in [-0.2, -0.15) is 0 Å². The minimum Gasteiger partial charge on any atom is -0.307 e. The molecule has 0 aliphatic carbocycles. The summed E-state index contributed by atoms with van der Waals surface area (Å²) in [5, 5.41) is 7.72. The van der Waals surface area contributed by atoms with Gasteiger partial charge in [-0.15, -0.1) is 35.1 Å². The third kappa shape index (κ3) is 3.61. The highest BCUT2D eigenvalue weighted by Crippen LogP contribution is 2.15. The number of hydrogen-bond acceptors (Lipinski definition) is 3. The van der Waals surface area contributed by atoms with Crippen LogP contribution in [-0.4, -0.2) is 0 Å². The van der Waals surface area contributed by atoms with E-state index in [-0.39, 0.29) is 12.4 Å². The maximum absolute atomic E-state index is 3.45. The topological polar surface area (TPSA) is 12.0 Å². The Morgan fingerprint density at radius 3 is 2.60 bits per heavy atom. The predicted molar refractivity (Wildman–Crippen MR) is 71.2 cm³/mol. The van der Waals surface area contributed by atoms with Gasteiger partial charge in [0.05, 0.1) is 0 Å². The zero-order valence-electron chi connectivity index (χ0n) is 8.53. The third-order valence-electron chi connectivity index (χ3n) is 2.13. The van der Waals surface area contributed by atoms with E-state index in [1.54, 1.807) is 11.3 Å². The highest BCUT2D eigenvalue weighted by Gasteiger charge is 1.99. The van der Waals surface area contributed by atoms with Crippen molar-refractivity contribution in [1.82, 2.24) is 5.32 Å². The van der Waals surface area contributed by atoms with Gasteiger partial charge in [0.15, 0.2) is 0 Å². The van der Waals surface area contributed by atoms with Crippen LogP contribution >= 0.6 is 35.1 Å². The Labute approximate surface area is 105 Å². The maximum atomic E-state index is 3.45. The molecule has 15 heavy (non-hydrogen) atoms. The van der Waals surface area contributed by atoms with Gasteiger partial charge in [0.25, 0.3) is 0 Å². The molecule has 2 heterocycles. The Morgan fingerprint density at radius 1 is 1.13 bits per heavy atom. The van der Waals surface area contributed by atoms with Crippen LogP contribution in [0.15, 0.2) is 29.0 Å². The first-order chi connectivity index (χ1) is 6.86. The Hall–Kier alpha value is -0.350. The smallest absolute Gasteiger partial charge is 0.0305 e. The van der Waals surface area contributed by atoms with Crippen LogP contribution in [0.1, 0.15) is 15.3 Å². The molecule has 0 aliphatic rings. The molecule has 82 valence electrons. The van der Waals surface area contributed by atoms with E-state index in [0.29, 0.717) is 0 Å². The Bertz CT molecular complexity index is 381. The van der Waals surface area contributed by atoms with Crippen molar-refractivity contribution in [1.29, 1.82) is 0 Å². The number of halogens is 1. The minimum absolute atomic E-state index is 0. The molecule has 0 fully saturated rings. The molecule has 0 radical (unpaired) electrons. The molecule has 0 amide bonds. The van der Waals surface area contributed by atoms with Gasteiger partial charge >= 0.3 is 0 Å². The van der Waals surface area contributed by atoms with Crippen molar-refractivity contribution in [2.24, 2.45) is 0 Å². The largest absolute Gasteiger partial charge is 0.307 e. The van der Waals surface area contributed by atoms with Crippen LogP contribution in [0.5, 0.6) is 0 Å². The van der Waals surface area contributed by atoms with Crippen molar-refractivity contribution in [3.8, 4) is 0 Å². The van der Waals surface area contributed by atoms with Gasteiger partial charge < -0.3 is 5.32 Å². The molecule has 4 heteroatoms. The number of thiophene rings is 2. The van der Waals surface area contributed by atoms with Crippen LogP contribution in [0, 0.1) is 6.92 Å². The summed E-state index contributed by atoms with van der Waals surface area (Å²) in [4.78, 5) is 2.85. The average Bonchev–Trinajstić information content (AvgIpc) is 2.78. The standard InChI is InChI=1S/C11H13NS2.ClH/c1-9-4-6-14-11(9)8-12-7-10-3-2-5-13-10;/h2-6,12H,7-8H2,1H3;1H. The van der Waals surface area contributed by atoms with Crippen molar-refractivity contribution in [3.63, 3.8) is 0 Å². The van der Waals surface area contributed by atoms with Crippen LogP contribution in [0.4, 0.5) is 0 Å². The SMILES string of the molecule is Cc1ccsc1CNCc1cccs1.Cl. The van der Waals surface area contributed by atoms with Gasteiger partial charge in [-0.05, 0) is 35.4 Å². The van der Waals surface area contributed by atoms with Crippen molar-refractivity contribution in [2.75, 3.05) is 0 Å². The fourth-order valence-electron chi connectivity index (χ4n) is 1.30. The molecule has 0 unspecified atom stereocenters. The van der Waals surface area contributed by atoms with Crippen LogP contribution in [0.2, 0.25) is 0 Å². The molecule has 0 aromatic carbocycles. The molecular weight excluding hydrogens is 246 g/mol. The first-order valence-corrected chi connectivity index (χ1v) is 6.38. The van der Waals surface area contributed by atoms with E-state index in [9.17, 15) is 0 Å². The molecule has 2 aromatic rings. The van der Waals surface area contributed by atoms with E-state index >= 15 is 0 Å². The van der Waals surface area contributed by atoms with E-state index < -0.39 is 0 Å². The van der Waals surface area contributed by atoms with Gasteiger partial charge in [0.1, 0.15) is 0 Å². The molecule has 0 saturated carbocycles. The molecular formula is C11H14ClNS2. The number of nitrogens with one attached hydrogen (secondary N) is 1. The molecule has 1 nitrogen and oxygen atoms in total. The second kappa shape index (κ2) is 6.28. The molecule has 2 rings (SSSR count). The fraction of sp³-hybridized carbons (Fsp3) is 0.273. The van der Waals surface area contributed by atoms with Crippen LogP contribution in [-0.2, 0) is 13.1 Å². The van der Waals surface area contributed by atoms with E-state index in [1.165, 1.54) is 15.3 Å². The lowest BCUT2D eigenvalue weighted by atomic mass is 10.3. The molecule has 0 atom stereocenters. The second-order valence-corrected chi connectivity index (χ2v) is 5.24. The van der Waals surface area contributed by atoms with E-state index in [4.69, 9.17) is 0 Å². The lowest BCUT2D eigenvalue weighted by molar-refractivity contribution is 0.706. The van der Waals surface area contributed by atoms with Crippen molar-refractivity contribution in [2.45, 2.75) is 20.0 Å². The van der Waals surface area contributed by atoms with E-state index in [2.05, 4.69) is 41.2 Å². The minimum atomic E-state index is 0. The van der Waals surface area contributed by atoms with Gasteiger partial charge in [0.2, 0.25) is 0 Å². The molecule has 0 spiro atoms. The summed E-state index contributed by atoms with van der Waals surface area (Å²) in [7, 11) is 0. The first kappa shape index (κ1) is 12.7. The first-order valence-electron chi connectivity index (χ1n) is 4.62. The monoisotopic (exact) mass is 259 g/mol. The van der Waals surface area contributed by atoms with Crippen LogP contribution in [0.25, 0.3) is 0 Å². The maximum Gasteiger partial charge on any atom is 0.0305 e. The molecule has 0 bridgehead atoms. The normalized spacial score (nSPS) is 9.93. The zero-order valence-corrected chi connectivity index (χ0v) is 11.0. The van der Waals surface area contributed by atoms with Crippen molar-refractivity contribution < 1.29 is 0 Å². The second-order valence-electron chi connectivity index (χ2n) is 3.21. The molecule has 1 N–H and O–H groups in total. The number of rotatable bonds is 4. The Balaban J connectivity index is 0.00000112. The summed E-state index contributed by atoms with van der Waals surface area (Å²) in [6, 6.07) is 6.43. The summed E-state index contributed by atoms with van der Waals surface area (Å²) in [6.07, 6.45) is 0. The van der Waals surface area contributed by atoms with Crippen molar-refractivity contribution in [3.05, 3.63) is 44.3 Å². The van der Waals surface area contributed by atoms with Crippen LogP contribution in [0.3, 0.4) is 0 Å².